The Balaban J connectivity index is 2.69. The SMILES string of the molecule is O=S(=O)(Cc1cccc(Cl)c1)NCCCl. The summed E-state index contributed by atoms with van der Waals surface area (Å²) in [5.41, 5.74) is 0.657. The van der Waals surface area contributed by atoms with Crippen LogP contribution in [0.1, 0.15) is 5.56 Å². The number of hydrogen-bond donors (Lipinski definition) is 1. The number of alkyl halides is 1. The van der Waals surface area contributed by atoms with Gasteiger partial charge in [-0.3, -0.25) is 0 Å². The van der Waals surface area contributed by atoms with E-state index in [4.69, 9.17) is 23.2 Å². The summed E-state index contributed by atoms with van der Waals surface area (Å²) in [6.07, 6.45) is 0. The molecule has 0 aliphatic carbocycles. The molecule has 0 unspecified atom stereocenters. The molecule has 0 aromatic heterocycles. The number of halogens is 2. The van der Waals surface area contributed by atoms with Crippen molar-refractivity contribution in [2.24, 2.45) is 0 Å². The van der Waals surface area contributed by atoms with Crippen molar-refractivity contribution in [3.8, 4) is 0 Å². The third-order valence-corrected chi connectivity index (χ3v) is 3.44. The lowest BCUT2D eigenvalue weighted by atomic mass is 10.2. The molecule has 0 aliphatic rings. The van der Waals surface area contributed by atoms with Crippen LogP contribution in [-0.2, 0) is 15.8 Å². The van der Waals surface area contributed by atoms with Crippen LogP contribution in [-0.4, -0.2) is 20.8 Å². The maximum atomic E-state index is 11.5. The van der Waals surface area contributed by atoms with Gasteiger partial charge >= 0.3 is 0 Å². The smallest absolute Gasteiger partial charge is 0.214 e. The molecular weight excluding hydrogens is 257 g/mol. The van der Waals surface area contributed by atoms with Gasteiger partial charge < -0.3 is 0 Å². The van der Waals surface area contributed by atoms with Crippen molar-refractivity contribution in [2.45, 2.75) is 5.75 Å². The molecule has 0 radical (unpaired) electrons. The van der Waals surface area contributed by atoms with Gasteiger partial charge in [0.05, 0.1) is 5.75 Å². The maximum absolute atomic E-state index is 11.5. The standard InChI is InChI=1S/C9H11Cl2NO2S/c10-4-5-12-15(13,14)7-8-2-1-3-9(11)6-8/h1-3,6,12H,4-5,7H2. The van der Waals surface area contributed by atoms with Crippen LogP contribution in [0, 0.1) is 0 Å². The van der Waals surface area contributed by atoms with E-state index in [2.05, 4.69) is 4.72 Å². The second kappa shape index (κ2) is 5.70. The van der Waals surface area contributed by atoms with Crippen molar-refractivity contribution >= 4 is 33.2 Å². The van der Waals surface area contributed by atoms with Crippen LogP contribution < -0.4 is 4.72 Å². The molecule has 0 amide bonds. The Kier molecular flexibility index (Phi) is 4.86. The Morgan fingerprint density at radius 2 is 2.07 bits per heavy atom. The number of hydrogen-bond acceptors (Lipinski definition) is 2. The molecule has 0 fully saturated rings. The molecule has 1 aromatic carbocycles. The molecule has 0 spiro atoms. The molecule has 6 heteroatoms. The molecule has 0 atom stereocenters. The van der Waals surface area contributed by atoms with Crippen LogP contribution in [0.5, 0.6) is 0 Å². The van der Waals surface area contributed by atoms with Gasteiger partial charge in [0.2, 0.25) is 10.0 Å². The minimum atomic E-state index is -3.31. The van der Waals surface area contributed by atoms with Gasteiger partial charge in [-0.15, -0.1) is 11.6 Å². The fourth-order valence-corrected chi connectivity index (χ4v) is 2.64. The first-order chi connectivity index (χ1) is 7.03. The molecule has 0 saturated heterocycles. The topological polar surface area (TPSA) is 46.2 Å². The van der Waals surface area contributed by atoms with E-state index in [0.29, 0.717) is 10.6 Å². The van der Waals surface area contributed by atoms with Crippen LogP contribution in [0.25, 0.3) is 0 Å². The largest absolute Gasteiger partial charge is 0.215 e. The van der Waals surface area contributed by atoms with Crippen LogP contribution >= 0.6 is 23.2 Å². The zero-order chi connectivity index (χ0) is 11.3. The molecule has 3 nitrogen and oxygen atoms in total. The summed E-state index contributed by atoms with van der Waals surface area (Å²) in [7, 11) is -3.31. The van der Waals surface area contributed by atoms with Gasteiger partial charge in [-0.25, -0.2) is 13.1 Å². The zero-order valence-electron chi connectivity index (χ0n) is 7.91. The second-order valence-corrected chi connectivity index (χ2v) is 5.59. The fraction of sp³-hybridized carbons (Fsp3) is 0.333. The van der Waals surface area contributed by atoms with Crippen LogP contribution in [0.15, 0.2) is 24.3 Å². The van der Waals surface area contributed by atoms with Gasteiger partial charge in [-0.2, -0.15) is 0 Å². The molecule has 15 heavy (non-hydrogen) atoms. The Hall–Kier alpha value is -0.290. The van der Waals surface area contributed by atoms with Gasteiger partial charge in [-0.1, -0.05) is 23.7 Å². The second-order valence-electron chi connectivity index (χ2n) is 2.97. The molecule has 0 aliphatic heterocycles. The highest BCUT2D eigenvalue weighted by molar-refractivity contribution is 7.88. The quantitative estimate of drug-likeness (QED) is 0.830. The lowest BCUT2D eigenvalue weighted by molar-refractivity contribution is 0.583. The van der Waals surface area contributed by atoms with E-state index in [1.807, 2.05) is 0 Å². The first-order valence-corrected chi connectivity index (χ1v) is 6.88. The van der Waals surface area contributed by atoms with E-state index in [1.165, 1.54) is 0 Å². The van der Waals surface area contributed by atoms with E-state index < -0.39 is 10.0 Å². The Labute approximate surface area is 99.4 Å². The van der Waals surface area contributed by atoms with Crippen LogP contribution in [0.2, 0.25) is 5.02 Å². The van der Waals surface area contributed by atoms with E-state index in [1.54, 1.807) is 24.3 Å². The molecule has 0 saturated carbocycles. The summed E-state index contributed by atoms with van der Waals surface area (Å²) < 4.78 is 25.3. The molecule has 0 bridgehead atoms. The van der Waals surface area contributed by atoms with Gasteiger partial charge in [0.15, 0.2) is 0 Å². The summed E-state index contributed by atoms with van der Waals surface area (Å²) in [4.78, 5) is 0. The summed E-state index contributed by atoms with van der Waals surface area (Å²) in [6.45, 7) is 0.241. The number of nitrogens with one attached hydrogen (secondary N) is 1. The molecule has 1 rings (SSSR count). The highest BCUT2D eigenvalue weighted by Gasteiger charge is 2.10. The van der Waals surface area contributed by atoms with Crippen molar-refractivity contribution in [3.05, 3.63) is 34.9 Å². The first kappa shape index (κ1) is 12.8. The molecule has 1 aromatic rings. The highest BCUT2D eigenvalue weighted by atomic mass is 35.5. The predicted octanol–water partition coefficient (Wildman–Crippen LogP) is 2.00. The lowest BCUT2D eigenvalue weighted by Gasteiger charge is -2.05. The number of benzene rings is 1. The van der Waals surface area contributed by atoms with Gasteiger partial charge in [0, 0.05) is 17.4 Å². The van der Waals surface area contributed by atoms with Gasteiger partial charge in [-0.05, 0) is 17.7 Å². The lowest BCUT2D eigenvalue weighted by Crippen LogP contribution is -2.26. The monoisotopic (exact) mass is 267 g/mol. The van der Waals surface area contributed by atoms with E-state index >= 15 is 0 Å². The zero-order valence-corrected chi connectivity index (χ0v) is 10.2. The average molecular weight is 268 g/mol. The summed E-state index contributed by atoms with van der Waals surface area (Å²) in [5, 5.41) is 0.528. The molecule has 1 N–H and O–H groups in total. The predicted molar refractivity (Wildman–Crippen MR) is 62.8 cm³/mol. The fourth-order valence-electron chi connectivity index (χ4n) is 1.09. The van der Waals surface area contributed by atoms with Crippen molar-refractivity contribution < 1.29 is 8.42 Å². The van der Waals surface area contributed by atoms with E-state index in [-0.39, 0.29) is 18.2 Å². The van der Waals surface area contributed by atoms with Crippen molar-refractivity contribution in [1.29, 1.82) is 0 Å². The van der Waals surface area contributed by atoms with Crippen LogP contribution in [0.4, 0.5) is 0 Å². The number of sulfonamides is 1. The van der Waals surface area contributed by atoms with Gasteiger partial charge in [0.25, 0.3) is 0 Å². The van der Waals surface area contributed by atoms with Crippen LogP contribution in [0.3, 0.4) is 0 Å². The van der Waals surface area contributed by atoms with Crippen molar-refractivity contribution in [1.82, 2.24) is 4.72 Å². The summed E-state index contributed by atoms with van der Waals surface area (Å²) in [5.74, 6) is 0.180. The molecular formula is C9H11Cl2NO2S. The Bertz CT molecular complexity index is 420. The first-order valence-electron chi connectivity index (χ1n) is 4.31. The third-order valence-electron chi connectivity index (χ3n) is 1.66. The normalized spacial score (nSPS) is 11.6. The molecule has 84 valence electrons. The van der Waals surface area contributed by atoms with Gasteiger partial charge in [0.1, 0.15) is 0 Å². The highest BCUT2D eigenvalue weighted by Crippen LogP contribution is 2.12. The Morgan fingerprint density at radius 3 is 2.67 bits per heavy atom. The Morgan fingerprint density at radius 1 is 1.33 bits per heavy atom. The average Bonchev–Trinajstić information content (AvgIpc) is 2.14. The summed E-state index contributed by atoms with van der Waals surface area (Å²) >= 11 is 11.1. The minimum Gasteiger partial charge on any atom is -0.214 e. The van der Waals surface area contributed by atoms with E-state index in [0.717, 1.165) is 0 Å². The molecule has 0 heterocycles. The van der Waals surface area contributed by atoms with Crippen molar-refractivity contribution in [3.63, 3.8) is 0 Å². The van der Waals surface area contributed by atoms with E-state index in [9.17, 15) is 8.42 Å². The third kappa shape index (κ3) is 4.84. The summed E-state index contributed by atoms with van der Waals surface area (Å²) in [6, 6.07) is 6.76. The minimum absolute atomic E-state index is 0.0789. The maximum Gasteiger partial charge on any atom is 0.215 e. The van der Waals surface area contributed by atoms with Crippen molar-refractivity contribution in [2.75, 3.05) is 12.4 Å². The number of rotatable bonds is 5.